The zero-order valence-corrected chi connectivity index (χ0v) is 13.2. The first-order valence-corrected chi connectivity index (χ1v) is 7.26. The highest BCUT2D eigenvalue weighted by atomic mass is 35.5. The van der Waals surface area contributed by atoms with Gasteiger partial charge in [-0.15, -0.1) is 0 Å². The molecule has 0 radical (unpaired) electrons. The molecule has 108 valence electrons. The standard InChI is InChI=1S/C15H12Cl2N2OS/c16-11-4-1-9(2-5-11)7-14(20)19-13-8-10(15(18)21)3-6-12(13)17/h1-6,8H,7H2,(H2,18,21)(H,19,20). The molecule has 0 spiro atoms. The van der Waals surface area contributed by atoms with E-state index in [1.165, 1.54) is 0 Å². The second-order valence-corrected chi connectivity index (χ2v) is 5.69. The van der Waals surface area contributed by atoms with E-state index in [9.17, 15) is 4.79 Å². The molecule has 3 nitrogen and oxygen atoms in total. The first kappa shape index (κ1) is 15.8. The van der Waals surface area contributed by atoms with Crippen molar-refractivity contribution in [3.8, 4) is 0 Å². The van der Waals surface area contributed by atoms with Gasteiger partial charge in [0.05, 0.1) is 17.1 Å². The van der Waals surface area contributed by atoms with Crippen LogP contribution in [0.2, 0.25) is 10.0 Å². The van der Waals surface area contributed by atoms with Crippen molar-refractivity contribution in [3.05, 3.63) is 63.6 Å². The highest BCUT2D eigenvalue weighted by Gasteiger charge is 2.09. The SMILES string of the molecule is NC(=S)c1ccc(Cl)c(NC(=O)Cc2ccc(Cl)cc2)c1. The lowest BCUT2D eigenvalue weighted by molar-refractivity contribution is -0.115. The summed E-state index contributed by atoms with van der Waals surface area (Å²) >= 11 is 16.8. The molecular formula is C15H12Cl2N2OS. The maximum Gasteiger partial charge on any atom is 0.228 e. The van der Waals surface area contributed by atoms with Gasteiger partial charge in [0, 0.05) is 10.6 Å². The molecule has 0 aromatic heterocycles. The smallest absolute Gasteiger partial charge is 0.228 e. The van der Waals surface area contributed by atoms with Gasteiger partial charge >= 0.3 is 0 Å². The second-order valence-electron chi connectivity index (χ2n) is 4.41. The minimum Gasteiger partial charge on any atom is -0.389 e. The van der Waals surface area contributed by atoms with E-state index in [0.717, 1.165) is 5.56 Å². The van der Waals surface area contributed by atoms with Gasteiger partial charge in [0.1, 0.15) is 4.99 Å². The lowest BCUT2D eigenvalue weighted by atomic mass is 10.1. The molecule has 2 rings (SSSR count). The molecule has 2 aromatic carbocycles. The summed E-state index contributed by atoms with van der Waals surface area (Å²) in [5.74, 6) is -0.181. The van der Waals surface area contributed by atoms with Gasteiger partial charge in [0.25, 0.3) is 0 Å². The molecule has 0 heterocycles. The van der Waals surface area contributed by atoms with Crippen LogP contribution in [0.25, 0.3) is 0 Å². The predicted octanol–water partition coefficient (Wildman–Crippen LogP) is 3.81. The van der Waals surface area contributed by atoms with Crippen LogP contribution >= 0.6 is 35.4 Å². The van der Waals surface area contributed by atoms with E-state index in [-0.39, 0.29) is 17.3 Å². The molecule has 0 aliphatic carbocycles. The summed E-state index contributed by atoms with van der Waals surface area (Å²) < 4.78 is 0. The van der Waals surface area contributed by atoms with E-state index in [0.29, 0.717) is 21.3 Å². The van der Waals surface area contributed by atoms with E-state index >= 15 is 0 Å². The summed E-state index contributed by atoms with van der Waals surface area (Å²) in [6, 6.07) is 12.1. The predicted molar refractivity (Wildman–Crippen MR) is 91.1 cm³/mol. The Bertz CT molecular complexity index is 687. The van der Waals surface area contributed by atoms with Gasteiger partial charge in [0.2, 0.25) is 5.91 Å². The van der Waals surface area contributed by atoms with Crippen molar-refractivity contribution in [2.45, 2.75) is 6.42 Å². The van der Waals surface area contributed by atoms with E-state index < -0.39 is 0 Å². The number of hydrogen-bond donors (Lipinski definition) is 2. The average molecular weight is 339 g/mol. The number of nitrogens with two attached hydrogens (primary N) is 1. The van der Waals surface area contributed by atoms with Crippen molar-refractivity contribution in [1.29, 1.82) is 0 Å². The van der Waals surface area contributed by atoms with Crippen LogP contribution in [0.5, 0.6) is 0 Å². The Labute approximate surface area is 138 Å². The largest absolute Gasteiger partial charge is 0.389 e. The Morgan fingerprint density at radius 1 is 1.14 bits per heavy atom. The number of rotatable bonds is 4. The third kappa shape index (κ3) is 4.43. The van der Waals surface area contributed by atoms with Crippen molar-refractivity contribution < 1.29 is 4.79 Å². The van der Waals surface area contributed by atoms with Crippen LogP contribution in [0, 0.1) is 0 Å². The summed E-state index contributed by atoms with van der Waals surface area (Å²) in [7, 11) is 0. The fourth-order valence-corrected chi connectivity index (χ4v) is 2.17. The quantitative estimate of drug-likeness (QED) is 0.833. The molecule has 0 saturated heterocycles. The highest BCUT2D eigenvalue weighted by Crippen LogP contribution is 2.23. The number of halogens is 2. The van der Waals surface area contributed by atoms with Crippen molar-refractivity contribution in [1.82, 2.24) is 0 Å². The molecule has 0 bridgehead atoms. The molecule has 0 saturated carbocycles. The number of hydrogen-bond acceptors (Lipinski definition) is 2. The Balaban J connectivity index is 2.10. The number of benzene rings is 2. The Hall–Kier alpha value is -1.62. The van der Waals surface area contributed by atoms with Crippen LogP contribution < -0.4 is 11.1 Å². The summed E-state index contributed by atoms with van der Waals surface area (Å²) in [5.41, 5.74) is 7.56. The normalized spacial score (nSPS) is 10.2. The number of amides is 1. The molecule has 0 unspecified atom stereocenters. The van der Waals surface area contributed by atoms with E-state index in [1.807, 2.05) is 0 Å². The third-order valence-corrected chi connectivity index (χ3v) is 3.62. The van der Waals surface area contributed by atoms with Crippen LogP contribution in [-0.4, -0.2) is 10.9 Å². The van der Waals surface area contributed by atoms with Crippen molar-refractivity contribution in [2.75, 3.05) is 5.32 Å². The molecule has 6 heteroatoms. The first-order chi connectivity index (χ1) is 9.95. The van der Waals surface area contributed by atoms with Gasteiger partial charge < -0.3 is 11.1 Å². The maximum atomic E-state index is 12.0. The lowest BCUT2D eigenvalue weighted by Crippen LogP contribution is -2.16. The number of carbonyl (C=O) groups excluding carboxylic acids is 1. The Kier molecular flexibility index (Phi) is 5.17. The van der Waals surface area contributed by atoms with Gasteiger partial charge in [-0.1, -0.05) is 53.6 Å². The van der Waals surface area contributed by atoms with Gasteiger partial charge in [-0.3, -0.25) is 4.79 Å². The average Bonchev–Trinajstić information content (AvgIpc) is 2.43. The number of nitrogens with one attached hydrogen (secondary N) is 1. The summed E-state index contributed by atoms with van der Waals surface area (Å²) in [6.45, 7) is 0. The van der Waals surface area contributed by atoms with Gasteiger partial charge in [-0.2, -0.15) is 0 Å². The molecule has 0 atom stereocenters. The van der Waals surface area contributed by atoms with E-state index in [4.69, 9.17) is 41.2 Å². The van der Waals surface area contributed by atoms with E-state index in [2.05, 4.69) is 5.32 Å². The first-order valence-electron chi connectivity index (χ1n) is 6.09. The topological polar surface area (TPSA) is 55.1 Å². The number of thiocarbonyl (C=S) groups is 1. The van der Waals surface area contributed by atoms with Crippen LogP contribution in [-0.2, 0) is 11.2 Å². The molecule has 21 heavy (non-hydrogen) atoms. The molecule has 1 amide bonds. The summed E-state index contributed by atoms with van der Waals surface area (Å²) in [4.78, 5) is 12.3. The minimum absolute atomic E-state index is 0.181. The van der Waals surface area contributed by atoms with Gasteiger partial charge in [-0.25, -0.2) is 0 Å². The summed E-state index contributed by atoms with van der Waals surface area (Å²) in [6.07, 6.45) is 0.227. The maximum absolute atomic E-state index is 12.0. The molecule has 2 aromatic rings. The van der Waals surface area contributed by atoms with Crippen LogP contribution in [0.15, 0.2) is 42.5 Å². The molecular weight excluding hydrogens is 327 g/mol. The zero-order valence-electron chi connectivity index (χ0n) is 10.9. The lowest BCUT2D eigenvalue weighted by Gasteiger charge is -2.09. The monoisotopic (exact) mass is 338 g/mol. The fourth-order valence-electron chi connectivity index (χ4n) is 1.76. The van der Waals surface area contributed by atoms with Crippen molar-refractivity contribution >= 4 is 52.0 Å². The second kappa shape index (κ2) is 6.89. The summed E-state index contributed by atoms with van der Waals surface area (Å²) in [5, 5.41) is 3.81. The molecule has 0 fully saturated rings. The Morgan fingerprint density at radius 2 is 1.81 bits per heavy atom. The van der Waals surface area contributed by atoms with Crippen LogP contribution in [0.1, 0.15) is 11.1 Å². The van der Waals surface area contributed by atoms with Crippen molar-refractivity contribution in [2.24, 2.45) is 5.73 Å². The Morgan fingerprint density at radius 3 is 2.43 bits per heavy atom. The highest BCUT2D eigenvalue weighted by molar-refractivity contribution is 7.80. The van der Waals surface area contributed by atoms with Crippen molar-refractivity contribution in [3.63, 3.8) is 0 Å². The molecule has 3 N–H and O–H groups in total. The fraction of sp³-hybridized carbons (Fsp3) is 0.0667. The number of carbonyl (C=O) groups is 1. The minimum atomic E-state index is -0.181. The zero-order chi connectivity index (χ0) is 15.4. The van der Waals surface area contributed by atoms with E-state index in [1.54, 1.807) is 42.5 Å². The van der Waals surface area contributed by atoms with Crippen LogP contribution in [0.4, 0.5) is 5.69 Å². The van der Waals surface area contributed by atoms with Gasteiger partial charge in [0.15, 0.2) is 0 Å². The molecule has 0 aliphatic rings. The third-order valence-electron chi connectivity index (χ3n) is 2.80. The molecule has 0 aliphatic heterocycles. The van der Waals surface area contributed by atoms with Crippen LogP contribution in [0.3, 0.4) is 0 Å². The number of anilines is 1. The van der Waals surface area contributed by atoms with Gasteiger partial charge in [-0.05, 0) is 29.8 Å².